The molecule has 0 saturated carbocycles. The minimum atomic E-state index is -4.49. The van der Waals surface area contributed by atoms with Gasteiger partial charge >= 0.3 is 6.18 Å². The van der Waals surface area contributed by atoms with Crippen LogP contribution in [0.25, 0.3) is 11.1 Å². The quantitative estimate of drug-likeness (QED) is 0.832. The summed E-state index contributed by atoms with van der Waals surface area (Å²) in [4.78, 5) is 4.07. The molecule has 0 aromatic heterocycles. The smallest absolute Gasteiger partial charge is 0.288 e. The number of alkyl halides is 3. The van der Waals surface area contributed by atoms with E-state index in [1.807, 2.05) is 0 Å². The molecule has 25 heavy (non-hydrogen) atoms. The second-order valence-electron chi connectivity index (χ2n) is 5.88. The van der Waals surface area contributed by atoms with Gasteiger partial charge in [-0.2, -0.15) is 13.2 Å². The van der Waals surface area contributed by atoms with Gasteiger partial charge in [0.05, 0.1) is 17.0 Å². The van der Waals surface area contributed by atoms with Gasteiger partial charge in [-0.25, -0.2) is 12.7 Å². The van der Waals surface area contributed by atoms with Gasteiger partial charge in [0.15, 0.2) is 0 Å². The zero-order valence-corrected chi connectivity index (χ0v) is 14.3. The minimum absolute atomic E-state index is 0.0242. The first-order chi connectivity index (χ1) is 11.6. The molecule has 2 aromatic rings. The lowest BCUT2D eigenvalue weighted by Crippen LogP contribution is -2.22. The highest BCUT2D eigenvalue weighted by Gasteiger charge is 2.32. The molecule has 1 aliphatic heterocycles. The molecule has 0 radical (unpaired) electrons. The molecule has 0 bridgehead atoms. The lowest BCUT2D eigenvalue weighted by Gasteiger charge is -2.15. The Kier molecular flexibility index (Phi) is 4.20. The van der Waals surface area contributed by atoms with Gasteiger partial charge in [-0.1, -0.05) is 12.1 Å². The monoisotopic (exact) mass is 368 g/mol. The van der Waals surface area contributed by atoms with Crippen molar-refractivity contribution in [2.24, 2.45) is 4.99 Å². The first-order valence-corrected chi connectivity index (χ1v) is 8.81. The van der Waals surface area contributed by atoms with Crippen molar-refractivity contribution < 1.29 is 21.6 Å². The van der Waals surface area contributed by atoms with E-state index in [1.165, 1.54) is 38.5 Å². The van der Waals surface area contributed by atoms with Crippen LogP contribution in [-0.4, -0.2) is 33.0 Å². The topological polar surface area (TPSA) is 49.7 Å². The Bertz CT molecular complexity index is 964. The Balaban J connectivity index is 2.21. The van der Waals surface area contributed by atoms with E-state index in [1.54, 1.807) is 6.07 Å². The van der Waals surface area contributed by atoms with Gasteiger partial charge in [-0.05, 0) is 41.0 Å². The van der Waals surface area contributed by atoms with E-state index in [2.05, 4.69) is 4.99 Å². The largest absolute Gasteiger partial charge is 0.416 e. The van der Waals surface area contributed by atoms with Crippen molar-refractivity contribution in [3.63, 3.8) is 0 Å². The molecule has 1 heterocycles. The normalized spacial score (nSPS) is 14.2. The van der Waals surface area contributed by atoms with Crippen LogP contribution < -0.4 is 0 Å². The van der Waals surface area contributed by atoms with Crippen LogP contribution in [0.1, 0.15) is 16.7 Å². The van der Waals surface area contributed by atoms with Gasteiger partial charge in [0, 0.05) is 25.9 Å². The first-order valence-electron chi connectivity index (χ1n) is 7.37. The number of hydrogen-bond acceptors (Lipinski definition) is 3. The van der Waals surface area contributed by atoms with E-state index in [0.717, 1.165) is 16.4 Å². The molecule has 0 unspecified atom stereocenters. The lowest BCUT2D eigenvalue weighted by atomic mass is 9.94. The third-order valence-corrected chi connectivity index (χ3v) is 5.81. The number of nitrogens with zero attached hydrogens (tertiary/aromatic N) is 2. The molecule has 2 aromatic carbocycles. The summed E-state index contributed by atoms with van der Waals surface area (Å²) < 4.78 is 65.2. The second kappa shape index (κ2) is 5.96. The predicted molar refractivity (Wildman–Crippen MR) is 89.1 cm³/mol. The fourth-order valence-corrected chi connectivity index (χ4v) is 3.62. The molecule has 0 saturated heterocycles. The van der Waals surface area contributed by atoms with Crippen molar-refractivity contribution >= 4 is 16.2 Å². The van der Waals surface area contributed by atoms with Crippen molar-refractivity contribution in [2.75, 3.05) is 14.1 Å². The van der Waals surface area contributed by atoms with Gasteiger partial charge < -0.3 is 0 Å². The number of fused-ring (bicyclic) bond motifs is 1. The first kappa shape index (κ1) is 17.6. The van der Waals surface area contributed by atoms with Crippen molar-refractivity contribution in [1.82, 2.24) is 4.31 Å². The average molecular weight is 368 g/mol. The van der Waals surface area contributed by atoms with E-state index >= 15 is 0 Å². The summed E-state index contributed by atoms with van der Waals surface area (Å²) in [5.41, 5.74) is 1.02. The van der Waals surface area contributed by atoms with Crippen LogP contribution >= 0.6 is 0 Å². The average Bonchev–Trinajstić information content (AvgIpc) is 3.01. The number of aliphatic imine (C=N–C) groups is 1. The van der Waals surface area contributed by atoms with Crippen molar-refractivity contribution in [1.29, 1.82) is 0 Å². The molecule has 8 heteroatoms. The minimum Gasteiger partial charge on any atom is -0.288 e. The molecule has 132 valence electrons. The summed E-state index contributed by atoms with van der Waals surface area (Å²) in [6, 6.07) is 8.04. The SMILES string of the molecule is CN(C)S(=O)(=O)c1cccc(-c2cc(C(F)(F)F)cc3c2C=NC3)c1. The van der Waals surface area contributed by atoms with Gasteiger partial charge in [0.2, 0.25) is 10.0 Å². The third kappa shape index (κ3) is 3.19. The van der Waals surface area contributed by atoms with Gasteiger partial charge in [-0.3, -0.25) is 4.99 Å². The fourth-order valence-electron chi connectivity index (χ4n) is 2.67. The van der Waals surface area contributed by atoms with Gasteiger partial charge in [0.25, 0.3) is 0 Å². The zero-order valence-electron chi connectivity index (χ0n) is 13.5. The van der Waals surface area contributed by atoms with E-state index in [-0.39, 0.29) is 11.4 Å². The van der Waals surface area contributed by atoms with Crippen LogP contribution in [0.2, 0.25) is 0 Å². The maximum atomic E-state index is 13.2. The summed E-state index contributed by atoms with van der Waals surface area (Å²) in [7, 11) is -0.884. The molecule has 4 nitrogen and oxygen atoms in total. The van der Waals surface area contributed by atoms with Crippen LogP contribution in [0.3, 0.4) is 0 Å². The van der Waals surface area contributed by atoms with E-state index < -0.39 is 21.8 Å². The molecule has 0 N–H and O–H groups in total. The fraction of sp³-hybridized carbons (Fsp3) is 0.235. The second-order valence-corrected chi connectivity index (χ2v) is 8.03. The van der Waals surface area contributed by atoms with Gasteiger partial charge in [-0.15, -0.1) is 0 Å². The maximum Gasteiger partial charge on any atom is 0.416 e. The zero-order chi connectivity index (χ0) is 18.4. The number of sulfonamides is 1. The molecule has 0 aliphatic carbocycles. The highest BCUT2D eigenvalue weighted by atomic mass is 32.2. The molecule has 3 rings (SSSR count). The molecule has 0 atom stereocenters. The van der Waals surface area contributed by atoms with Crippen LogP contribution in [0, 0.1) is 0 Å². The Labute approximate surface area is 143 Å². The van der Waals surface area contributed by atoms with Crippen LogP contribution in [-0.2, 0) is 22.7 Å². The molecule has 1 aliphatic rings. The summed E-state index contributed by atoms with van der Waals surface area (Å²) in [6.07, 6.45) is -2.96. The van der Waals surface area contributed by atoms with Crippen molar-refractivity contribution in [3.8, 4) is 11.1 Å². The Hall–Kier alpha value is -2.19. The van der Waals surface area contributed by atoms with Crippen LogP contribution in [0.15, 0.2) is 46.3 Å². The Morgan fingerprint density at radius 2 is 1.84 bits per heavy atom. The Morgan fingerprint density at radius 3 is 2.48 bits per heavy atom. The standard InChI is InChI=1S/C17H15F3N2O2S/c1-22(2)25(23,24)14-5-3-4-11(7-14)15-8-13(17(18,19)20)6-12-9-21-10-16(12)15/h3-8,10H,9H2,1-2H3. The summed E-state index contributed by atoms with van der Waals surface area (Å²) >= 11 is 0. The number of halogens is 3. The predicted octanol–water partition coefficient (Wildman–Crippen LogP) is 3.56. The summed E-state index contributed by atoms with van der Waals surface area (Å²) in [5, 5.41) is 0. The number of benzene rings is 2. The van der Waals surface area contributed by atoms with E-state index in [9.17, 15) is 21.6 Å². The third-order valence-electron chi connectivity index (χ3n) is 4.00. The van der Waals surface area contributed by atoms with Crippen molar-refractivity contribution in [3.05, 3.63) is 53.1 Å². The highest BCUT2D eigenvalue weighted by Crippen LogP contribution is 2.37. The number of rotatable bonds is 3. The van der Waals surface area contributed by atoms with Crippen LogP contribution in [0.4, 0.5) is 13.2 Å². The Morgan fingerprint density at radius 1 is 1.12 bits per heavy atom. The molecular weight excluding hydrogens is 353 g/mol. The molecule has 0 spiro atoms. The van der Waals surface area contributed by atoms with E-state index in [4.69, 9.17) is 0 Å². The van der Waals surface area contributed by atoms with E-state index in [0.29, 0.717) is 22.3 Å². The van der Waals surface area contributed by atoms with Gasteiger partial charge in [0.1, 0.15) is 0 Å². The summed E-state index contributed by atoms with van der Waals surface area (Å²) in [6.45, 7) is 0.182. The molecule has 0 amide bonds. The lowest BCUT2D eigenvalue weighted by molar-refractivity contribution is -0.137. The molecular formula is C17H15F3N2O2S. The summed E-state index contributed by atoms with van der Waals surface area (Å²) in [5.74, 6) is 0. The highest BCUT2D eigenvalue weighted by molar-refractivity contribution is 7.89. The van der Waals surface area contributed by atoms with Crippen molar-refractivity contribution in [2.45, 2.75) is 17.6 Å². The molecule has 0 fully saturated rings. The maximum absolute atomic E-state index is 13.2. The van der Waals surface area contributed by atoms with Crippen LogP contribution in [0.5, 0.6) is 0 Å². The number of hydrogen-bond donors (Lipinski definition) is 0.